The van der Waals surface area contributed by atoms with Gasteiger partial charge in [-0.15, -0.1) is 0 Å². The zero-order valence-electron chi connectivity index (χ0n) is 22.1. The Labute approximate surface area is 223 Å². The number of nitrogens with two attached hydrogens (primary N) is 1. The molecule has 0 saturated heterocycles. The van der Waals surface area contributed by atoms with E-state index in [1.165, 1.54) is 43.6 Å². The standard InChI is InChI=1S/C33H35N3O2/c1-23(2)34-19-24(37)22-38-25(20-35-30-15-7-3-11-26(30)27-12-4-8-16-31(27)35)21-36-32-17-9-5-13-28(32)29-14-6-10-18-33(29)36/h3-18,23-25,34,37H,19-22H2,1-2H3/p+1/t24-/m0/s1. The van der Waals surface area contributed by atoms with E-state index >= 15 is 0 Å². The van der Waals surface area contributed by atoms with E-state index in [1.807, 2.05) is 0 Å². The van der Waals surface area contributed by atoms with Gasteiger partial charge in [0.15, 0.2) is 0 Å². The normalized spacial score (nSPS) is 13.1. The first-order chi connectivity index (χ1) is 18.6. The average molecular weight is 507 g/mol. The van der Waals surface area contributed by atoms with Crippen molar-refractivity contribution in [3.8, 4) is 0 Å². The molecule has 0 unspecified atom stereocenters. The molecule has 4 aromatic carbocycles. The highest BCUT2D eigenvalue weighted by Gasteiger charge is 2.21. The number of ether oxygens (including phenoxy) is 1. The van der Waals surface area contributed by atoms with Gasteiger partial charge in [-0.3, -0.25) is 0 Å². The van der Waals surface area contributed by atoms with Crippen LogP contribution in [0, 0.1) is 0 Å². The van der Waals surface area contributed by atoms with Gasteiger partial charge < -0.3 is 24.3 Å². The Kier molecular flexibility index (Phi) is 6.90. The Bertz CT molecular complexity index is 1470. The third-order valence-corrected chi connectivity index (χ3v) is 7.54. The van der Waals surface area contributed by atoms with E-state index in [0.29, 0.717) is 32.3 Å². The fourth-order valence-electron chi connectivity index (χ4n) is 5.71. The van der Waals surface area contributed by atoms with E-state index < -0.39 is 6.10 Å². The lowest BCUT2D eigenvalue weighted by molar-refractivity contribution is -0.688. The van der Waals surface area contributed by atoms with Crippen molar-refractivity contribution in [1.82, 2.24) is 9.13 Å². The van der Waals surface area contributed by atoms with Gasteiger partial charge in [-0.2, -0.15) is 0 Å². The molecule has 2 aromatic heterocycles. The highest BCUT2D eigenvalue weighted by molar-refractivity contribution is 6.08. The summed E-state index contributed by atoms with van der Waals surface area (Å²) >= 11 is 0. The maximum Gasteiger partial charge on any atom is 0.126 e. The molecule has 0 radical (unpaired) electrons. The van der Waals surface area contributed by atoms with Crippen molar-refractivity contribution in [1.29, 1.82) is 0 Å². The molecule has 0 fully saturated rings. The highest BCUT2D eigenvalue weighted by atomic mass is 16.5. The number of fused-ring (bicyclic) bond motifs is 6. The van der Waals surface area contributed by atoms with Gasteiger partial charge in [-0.1, -0.05) is 72.8 Å². The fourth-order valence-corrected chi connectivity index (χ4v) is 5.71. The van der Waals surface area contributed by atoms with Crippen molar-refractivity contribution in [2.45, 2.75) is 45.2 Å². The SMILES string of the molecule is CC(C)[NH2+]C[C@H](O)COC(Cn1c2ccccc2c2ccccc21)Cn1c2ccccc2c2ccccc21. The first-order valence-corrected chi connectivity index (χ1v) is 13.6. The summed E-state index contributed by atoms with van der Waals surface area (Å²) in [7, 11) is 0. The monoisotopic (exact) mass is 506 g/mol. The van der Waals surface area contributed by atoms with Crippen LogP contribution in [0.4, 0.5) is 0 Å². The number of hydrogen-bond donors (Lipinski definition) is 2. The number of rotatable bonds is 10. The zero-order chi connectivity index (χ0) is 26.1. The molecule has 1 atom stereocenters. The second-order valence-corrected chi connectivity index (χ2v) is 10.6. The maximum atomic E-state index is 10.7. The van der Waals surface area contributed by atoms with Gasteiger partial charge >= 0.3 is 0 Å². The molecule has 0 aliphatic heterocycles. The van der Waals surface area contributed by atoms with Gasteiger partial charge in [-0.05, 0) is 38.1 Å². The third-order valence-electron chi connectivity index (χ3n) is 7.54. The second kappa shape index (κ2) is 10.6. The van der Waals surface area contributed by atoms with Crippen LogP contribution in [0.15, 0.2) is 97.1 Å². The molecule has 0 amide bonds. The summed E-state index contributed by atoms with van der Waals surface area (Å²) in [6.45, 7) is 6.60. The number of para-hydroxylation sites is 4. The van der Waals surface area contributed by atoms with Crippen molar-refractivity contribution in [3.05, 3.63) is 97.1 Å². The summed E-state index contributed by atoms with van der Waals surface area (Å²) in [5, 5.41) is 17.9. The van der Waals surface area contributed by atoms with Crippen LogP contribution in [0.25, 0.3) is 43.6 Å². The van der Waals surface area contributed by atoms with Crippen LogP contribution in [0.1, 0.15) is 13.8 Å². The summed E-state index contributed by atoms with van der Waals surface area (Å²) in [5.41, 5.74) is 4.83. The van der Waals surface area contributed by atoms with Crippen LogP contribution in [-0.2, 0) is 17.8 Å². The Balaban J connectivity index is 1.39. The Morgan fingerprint density at radius 2 is 1.00 bits per heavy atom. The van der Waals surface area contributed by atoms with E-state index in [9.17, 15) is 5.11 Å². The highest BCUT2D eigenvalue weighted by Crippen LogP contribution is 2.31. The topological polar surface area (TPSA) is 55.9 Å². The number of aliphatic hydroxyl groups excluding tert-OH is 1. The summed E-state index contributed by atoms with van der Waals surface area (Å²) in [6, 6.07) is 34.8. The van der Waals surface area contributed by atoms with Crippen LogP contribution >= 0.6 is 0 Å². The minimum atomic E-state index is -0.517. The number of benzene rings is 4. The van der Waals surface area contributed by atoms with Crippen LogP contribution in [0.3, 0.4) is 0 Å². The molecule has 5 nitrogen and oxygen atoms in total. The molecule has 3 N–H and O–H groups in total. The van der Waals surface area contributed by atoms with E-state index in [-0.39, 0.29) is 6.10 Å². The lowest BCUT2D eigenvalue weighted by Crippen LogP contribution is -2.90. The summed E-state index contributed by atoms with van der Waals surface area (Å²) in [6.07, 6.45) is -0.654. The maximum absolute atomic E-state index is 10.7. The van der Waals surface area contributed by atoms with Crippen LogP contribution in [-0.4, -0.2) is 45.6 Å². The van der Waals surface area contributed by atoms with E-state index in [0.717, 1.165) is 0 Å². The van der Waals surface area contributed by atoms with Gasteiger partial charge in [-0.25, -0.2) is 0 Å². The van der Waals surface area contributed by atoms with Crippen molar-refractivity contribution < 1.29 is 15.2 Å². The Hall–Kier alpha value is -3.64. The van der Waals surface area contributed by atoms with Gasteiger partial charge in [0.05, 0.1) is 31.8 Å². The molecule has 0 bridgehead atoms. The molecule has 0 saturated carbocycles. The van der Waals surface area contributed by atoms with E-state index in [1.54, 1.807) is 0 Å². The van der Waals surface area contributed by atoms with Crippen molar-refractivity contribution in [2.24, 2.45) is 0 Å². The molecule has 2 heterocycles. The number of hydrogen-bond acceptors (Lipinski definition) is 2. The third kappa shape index (κ3) is 4.69. The Morgan fingerprint density at radius 3 is 1.37 bits per heavy atom. The van der Waals surface area contributed by atoms with Crippen LogP contribution < -0.4 is 5.32 Å². The second-order valence-electron chi connectivity index (χ2n) is 10.6. The molecule has 0 spiro atoms. The number of quaternary nitrogens is 1. The van der Waals surface area contributed by atoms with Crippen LogP contribution in [0.5, 0.6) is 0 Å². The molecular formula is C33H36N3O2+. The van der Waals surface area contributed by atoms with Gasteiger partial charge in [0.25, 0.3) is 0 Å². The number of aliphatic hydroxyl groups is 1. The lowest BCUT2D eigenvalue weighted by Gasteiger charge is -2.23. The predicted molar refractivity (Wildman–Crippen MR) is 157 cm³/mol. The summed E-state index contributed by atoms with van der Waals surface area (Å²) in [4.78, 5) is 0. The van der Waals surface area contributed by atoms with Crippen molar-refractivity contribution in [2.75, 3.05) is 13.2 Å². The first-order valence-electron chi connectivity index (χ1n) is 13.6. The minimum absolute atomic E-state index is 0.137. The minimum Gasteiger partial charge on any atom is -0.385 e. The first kappa shape index (κ1) is 24.7. The van der Waals surface area contributed by atoms with E-state index in [2.05, 4.69) is 125 Å². The Morgan fingerprint density at radius 1 is 0.632 bits per heavy atom. The number of nitrogens with zero attached hydrogens (tertiary/aromatic N) is 2. The van der Waals surface area contributed by atoms with Gasteiger partial charge in [0.1, 0.15) is 12.6 Å². The molecule has 0 aliphatic rings. The average Bonchev–Trinajstić information content (AvgIpc) is 3.44. The van der Waals surface area contributed by atoms with Gasteiger partial charge in [0, 0.05) is 43.6 Å². The quantitative estimate of drug-likeness (QED) is 0.264. The molecule has 0 aliphatic carbocycles. The molecule has 5 heteroatoms. The number of aromatic nitrogens is 2. The molecule has 6 rings (SSSR count). The lowest BCUT2D eigenvalue weighted by atomic mass is 10.2. The van der Waals surface area contributed by atoms with Crippen molar-refractivity contribution >= 4 is 43.6 Å². The fraction of sp³-hybridized carbons (Fsp3) is 0.273. The molecule has 194 valence electrons. The summed E-state index contributed by atoms with van der Waals surface area (Å²) in [5.74, 6) is 0. The molecule has 6 aromatic rings. The van der Waals surface area contributed by atoms with Gasteiger partial charge in [0.2, 0.25) is 0 Å². The van der Waals surface area contributed by atoms with Crippen LogP contribution in [0.2, 0.25) is 0 Å². The van der Waals surface area contributed by atoms with Crippen molar-refractivity contribution in [3.63, 3.8) is 0 Å². The summed E-state index contributed by atoms with van der Waals surface area (Å²) < 4.78 is 11.3. The molecule has 38 heavy (non-hydrogen) atoms. The largest absolute Gasteiger partial charge is 0.385 e. The predicted octanol–water partition coefficient (Wildman–Crippen LogP) is 5.32. The van der Waals surface area contributed by atoms with E-state index in [4.69, 9.17) is 4.74 Å². The zero-order valence-corrected chi connectivity index (χ0v) is 22.1. The smallest absolute Gasteiger partial charge is 0.126 e. The molecular weight excluding hydrogens is 470 g/mol.